The van der Waals surface area contributed by atoms with Gasteiger partial charge in [0.2, 0.25) is 0 Å². The first-order valence-corrected chi connectivity index (χ1v) is 11.4. The first-order valence-electron chi connectivity index (χ1n) is 11.4. The molecule has 0 atom stereocenters. The first kappa shape index (κ1) is 23.0. The van der Waals surface area contributed by atoms with Crippen molar-refractivity contribution in [3.8, 4) is 16.9 Å². The fraction of sp³-hybridized carbons (Fsp3) is 0.192. The number of furan rings is 1. The third-order valence-corrected chi connectivity index (χ3v) is 5.87. The molecule has 10 heteroatoms. The highest BCUT2D eigenvalue weighted by Crippen LogP contribution is 2.24. The predicted octanol–water partition coefficient (Wildman–Crippen LogP) is 2.67. The molecule has 182 valence electrons. The predicted molar refractivity (Wildman–Crippen MR) is 128 cm³/mol. The monoisotopic (exact) mass is 485 g/mol. The molecule has 1 saturated heterocycles. The lowest BCUT2D eigenvalue weighted by Crippen LogP contribution is -2.51. The summed E-state index contributed by atoms with van der Waals surface area (Å²) in [6.07, 6.45) is 6.29. The van der Waals surface area contributed by atoms with E-state index in [0.29, 0.717) is 37.4 Å². The Kier molecular flexibility index (Phi) is 6.57. The van der Waals surface area contributed by atoms with Crippen LogP contribution in [0.2, 0.25) is 0 Å². The van der Waals surface area contributed by atoms with Crippen molar-refractivity contribution < 1.29 is 23.5 Å². The van der Waals surface area contributed by atoms with E-state index in [-0.39, 0.29) is 23.1 Å². The molecule has 4 aromatic rings. The van der Waals surface area contributed by atoms with Crippen LogP contribution in [0.3, 0.4) is 0 Å². The van der Waals surface area contributed by atoms with Gasteiger partial charge in [-0.1, -0.05) is 18.2 Å². The van der Waals surface area contributed by atoms with Gasteiger partial charge in [-0.25, -0.2) is 9.48 Å². The maximum Gasteiger partial charge on any atom is 0.342 e. The van der Waals surface area contributed by atoms with Crippen molar-refractivity contribution in [2.45, 2.75) is 0 Å². The maximum atomic E-state index is 13.0. The molecular weight excluding hydrogens is 462 g/mol. The zero-order chi connectivity index (χ0) is 24.9. The molecule has 5 rings (SSSR count). The normalized spacial score (nSPS) is 13.4. The Labute approximate surface area is 206 Å². The number of aromatic nitrogens is 3. The molecule has 0 saturated carbocycles. The Balaban J connectivity index is 1.24. The molecule has 0 aliphatic carbocycles. The van der Waals surface area contributed by atoms with E-state index in [0.717, 1.165) is 5.69 Å². The minimum Gasteiger partial charge on any atom is -0.459 e. The molecule has 4 heterocycles. The van der Waals surface area contributed by atoms with Crippen LogP contribution < -0.4 is 0 Å². The van der Waals surface area contributed by atoms with Gasteiger partial charge in [0.15, 0.2) is 12.4 Å². The van der Waals surface area contributed by atoms with Crippen molar-refractivity contribution in [2.75, 3.05) is 32.8 Å². The average molecular weight is 486 g/mol. The summed E-state index contributed by atoms with van der Waals surface area (Å²) < 4.78 is 12.1. The number of nitrogens with zero attached hydrogens (tertiary/aromatic N) is 5. The second kappa shape index (κ2) is 10.3. The molecule has 1 aliphatic rings. The van der Waals surface area contributed by atoms with Gasteiger partial charge in [-0.15, -0.1) is 0 Å². The minimum atomic E-state index is -0.656. The van der Waals surface area contributed by atoms with Crippen LogP contribution in [0, 0.1) is 0 Å². The van der Waals surface area contributed by atoms with Crippen molar-refractivity contribution in [2.24, 2.45) is 0 Å². The van der Waals surface area contributed by atoms with Crippen molar-refractivity contribution >= 4 is 17.8 Å². The molecule has 0 spiro atoms. The van der Waals surface area contributed by atoms with Crippen LogP contribution in [-0.2, 0) is 9.53 Å². The van der Waals surface area contributed by atoms with Crippen LogP contribution in [0.1, 0.15) is 20.9 Å². The molecule has 1 aromatic carbocycles. The molecule has 0 bridgehead atoms. The standard InChI is InChI=1S/C26H23N5O5/c32-23(29-11-13-30(14-12-29)25(33)22-9-5-15-35-22)18-36-26(34)21-17-31(20-7-2-1-3-8-20)28-24(21)19-6-4-10-27-16-19/h1-10,15-17H,11-14,18H2. The quantitative estimate of drug-likeness (QED) is 0.386. The lowest BCUT2D eigenvalue weighted by Gasteiger charge is -2.34. The van der Waals surface area contributed by atoms with E-state index < -0.39 is 12.6 Å². The Morgan fingerprint density at radius 1 is 0.917 bits per heavy atom. The molecule has 0 radical (unpaired) electrons. The molecule has 1 aliphatic heterocycles. The van der Waals surface area contributed by atoms with Gasteiger partial charge in [0.05, 0.1) is 12.0 Å². The average Bonchev–Trinajstić information content (AvgIpc) is 3.63. The summed E-state index contributed by atoms with van der Waals surface area (Å²) in [4.78, 5) is 45.5. The third kappa shape index (κ3) is 4.88. The molecule has 0 unspecified atom stereocenters. The van der Waals surface area contributed by atoms with Crippen LogP contribution in [0.15, 0.2) is 83.9 Å². The minimum absolute atomic E-state index is 0.211. The number of hydrogen-bond donors (Lipinski definition) is 0. The van der Waals surface area contributed by atoms with Crippen molar-refractivity contribution in [3.05, 3.63) is 90.8 Å². The van der Waals surface area contributed by atoms with Gasteiger partial charge >= 0.3 is 5.97 Å². The van der Waals surface area contributed by atoms with Crippen LogP contribution in [0.5, 0.6) is 0 Å². The van der Waals surface area contributed by atoms with Gasteiger partial charge in [0.25, 0.3) is 11.8 Å². The van der Waals surface area contributed by atoms with Gasteiger partial charge < -0.3 is 19.0 Å². The zero-order valence-corrected chi connectivity index (χ0v) is 19.3. The molecule has 10 nitrogen and oxygen atoms in total. The summed E-state index contributed by atoms with van der Waals surface area (Å²) in [6, 6.07) is 16.2. The fourth-order valence-corrected chi connectivity index (χ4v) is 3.96. The zero-order valence-electron chi connectivity index (χ0n) is 19.3. The third-order valence-electron chi connectivity index (χ3n) is 5.87. The number of hydrogen-bond acceptors (Lipinski definition) is 7. The van der Waals surface area contributed by atoms with Crippen LogP contribution in [0.25, 0.3) is 16.9 Å². The van der Waals surface area contributed by atoms with E-state index in [2.05, 4.69) is 10.1 Å². The topological polar surface area (TPSA) is 111 Å². The molecule has 36 heavy (non-hydrogen) atoms. The number of ether oxygens (including phenoxy) is 1. The van der Waals surface area contributed by atoms with Gasteiger partial charge in [-0.05, 0) is 36.4 Å². The number of esters is 1. The van der Waals surface area contributed by atoms with E-state index >= 15 is 0 Å². The van der Waals surface area contributed by atoms with Gasteiger partial charge in [-0.3, -0.25) is 14.6 Å². The lowest BCUT2D eigenvalue weighted by molar-refractivity contribution is -0.136. The Bertz CT molecular complexity index is 1340. The second-order valence-corrected chi connectivity index (χ2v) is 8.14. The Hall–Kier alpha value is -4.73. The highest BCUT2D eigenvalue weighted by molar-refractivity contribution is 5.97. The maximum absolute atomic E-state index is 13.0. The number of amides is 2. The number of carbonyl (C=O) groups is 3. The molecular formula is C26H23N5O5. The summed E-state index contributed by atoms with van der Waals surface area (Å²) >= 11 is 0. The largest absolute Gasteiger partial charge is 0.459 e. The lowest BCUT2D eigenvalue weighted by atomic mass is 10.1. The van der Waals surface area contributed by atoms with Crippen molar-refractivity contribution in [1.29, 1.82) is 0 Å². The van der Waals surface area contributed by atoms with Crippen LogP contribution in [-0.4, -0.2) is 75.1 Å². The summed E-state index contributed by atoms with van der Waals surface area (Å²) in [6.45, 7) is 1.02. The SMILES string of the molecule is O=C(OCC(=O)N1CCN(C(=O)c2ccco2)CC1)c1cn(-c2ccccc2)nc1-c1cccnc1. The molecule has 1 fully saturated rings. The summed E-state index contributed by atoms with van der Waals surface area (Å²) in [5.74, 6) is -0.927. The van der Waals surface area contributed by atoms with Gasteiger partial charge in [0.1, 0.15) is 11.3 Å². The Morgan fingerprint density at radius 3 is 2.39 bits per heavy atom. The Morgan fingerprint density at radius 2 is 1.69 bits per heavy atom. The first-order chi connectivity index (χ1) is 17.6. The number of para-hydroxylation sites is 1. The smallest absolute Gasteiger partial charge is 0.342 e. The summed E-state index contributed by atoms with van der Waals surface area (Å²) in [7, 11) is 0. The number of pyridine rings is 1. The molecule has 0 N–H and O–H groups in total. The van der Waals surface area contributed by atoms with E-state index in [1.165, 1.54) is 6.26 Å². The highest BCUT2D eigenvalue weighted by Gasteiger charge is 2.27. The summed E-state index contributed by atoms with van der Waals surface area (Å²) in [5.41, 5.74) is 2.07. The number of benzene rings is 1. The molecule has 3 aromatic heterocycles. The van der Waals surface area contributed by atoms with Crippen LogP contribution in [0.4, 0.5) is 0 Å². The van der Waals surface area contributed by atoms with Crippen LogP contribution >= 0.6 is 0 Å². The highest BCUT2D eigenvalue weighted by atomic mass is 16.5. The number of rotatable bonds is 6. The van der Waals surface area contributed by atoms with E-state index in [4.69, 9.17) is 9.15 Å². The second-order valence-electron chi connectivity index (χ2n) is 8.14. The number of carbonyl (C=O) groups excluding carboxylic acids is 3. The number of piperazine rings is 1. The van der Waals surface area contributed by atoms with Gasteiger partial charge in [-0.2, -0.15) is 5.10 Å². The van der Waals surface area contributed by atoms with Crippen molar-refractivity contribution in [1.82, 2.24) is 24.6 Å². The van der Waals surface area contributed by atoms with Gasteiger partial charge in [0, 0.05) is 50.3 Å². The van der Waals surface area contributed by atoms with E-state index in [1.54, 1.807) is 57.3 Å². The summed E-state index contributed by atoms with van der Waals surface area (Å²) in [5, 5.41) is 4.57. The van der Waals surface area contributed by atoms with E-state index in [1.807, 2.05) is 30.3 Å². The molecule has 2 amide bonds. The van der Waals surface area contributed by atoms with Crippen molar-refractivity contribution in [3.63, 3.8) is 0 Å². The fourth-order valence-electron chi connectivity index (χ4n) is 3.96. The van der Waals surface area contributed by atoms with E-state index in [9.17, 15) is 14.4 Å².